The van der Waals surface area contributed by atoms with E-state index in [4.69, 9.17) is 0 Å². The van der Waals surface area contributed by atoms with Gasteiger partial charge in [0.1, 0.15) is 5.54 Å². The lowest BCUT2D eigenvalue weighted by molar-refractivity contribution is -0.150. The fraction of sp³-hybridized carbons (Fsp3) is 0.846. The van der Waals surface area contributed by atoms with Crippen molar-refractivity contribution in [2.75, 3.05) is 19.3 Å². The van der Waals surface area contributed by atoms with Crippen LogP contribution in [0.5, 0.6) is 0 Å². The van der Waals surface area contributed by atoms with Gasteiger partial charge in [-0.15, -0.1) is 0 Å². The molecule has 0 atom stereocenters. The largest absolute Gasteiger partial charge is 0.340 e. The molecule has 0 radical (unpaired) electrons. The highest BCUT2D eigenvalue weighted by atomic mass is 32.2. The van der Waals surface area contributed by atoms with Crippen molar-refractivity contribution < 1.29 is 9.59 Å². The van der Waals surface area contributed by atoms with E-state index in [0.717, 1.165) is 25.7 Å². The van der Waals surface area contributed by atoms with Crippen molar-refractivity contribution in [3.63, 3.8) is 0 Å². The molecule has 2 rings (SSSR count). The van der Waals surface area contributed by atoms with Crippen LogP contribution in [0, 0.1) is 0 Å². The first-order chi connectivity index (χ1) is 8.38. The molecule has 1 saturated carbocycles. The fourth-order valence-corrected chi connectivity index (χ4v) is 3.16. The topological polar surface area (TPSA) is 49.4 Å². The Bertz CT molecular complexity index is 362. The number of hydrogen-bond donors (Lipinski definition) is 1. The Balaban J connectivity index is 2.16. The van der Waals surface area contributed by atoms with E-state index < -0.39 is 5.54 Å². The zero-order valence-electron chi connectivity index (χ0n) is 11.4. The molecule has 1 spiro atoms. The minimum atomic E-state index is -0.580. The monoisotopic (exact) mass is 270 g/mol. The molecule has 1 aliphatic heterocycles. The van der Waals surface area contributed by atoms with Crippen molar-refractivity contribution in [2.45, 2.75) is 49.8 Å². The lowest BCUT2D eigenvalue weighted by Gasteiger charge is -2.42. The van der Waals surface area contributed by atoms with Gasteiger partial charge in [-0.3, -0.25) is 9.59 Å². The van der Waals surface area contributed by atoms with Crippen LogP contribution in [-0.4, -0.2) is 46.3 Å². The first-order valence-corrected chi connectivity index (χ1v) is 7.77. The van der Waals surface area contributed by atoms with Gasteiger partial charge in [0.05, 0.1) is 6.54 Å². The number of rotatable bonds is 3. The summed E-state index contributed by atoms with van der Waals surface area (Å²) in [5, 5.41) is 2.94. The molecule has 18 heavy (non-hydrogen) atoms. The van der Waals surface area contributed by atoms with Crippen molar-refractivity contribution >= 4 is 23.6 Å². The third-order valence-corrected chi connectivity index (χ3v) is 5.23. The van der Waals surface area contributed by atoms with E-state index in [-0.39, 0.29) is 23.1 Å². The Kier molecular flexibility index (Phi) is 3.63. The summed E-state index contributed by atoms with van der Waals surface area (Å²) in [5.41, 5.74) is -0.580. The molecular formula is C13H22N2O2S. The van der Waals surface area contributed by atoms with Gasteiger partial charge >= 0.3 is 0 Å². The highest BCUT2D eigenvalue weighted by Crippen LogP contribution is 2.34. The van der Waals surface area contributed by atoms with Crippen LogP contribution in [0.15, 0.2) is 0 Å². The molecule has 2 fully saturated rings. The molecule has 0 aromatic rings. The maximum atomic E-state index is 12.6. The Morgan fingerprint density at radius 1 is 1.33 bits per heavy atom. The second-order valence-corrected chi connectivity index (χ2v) is 7.48. The third kappa shape index (κ3) is 2.51. The SMILES string of the molecule is CSC(C)(C)CN1CC(=O)NC2(CCCC2)C1=O. The molecular weight excluding hydrogens is 248 g/mol. The Morgan fingerprint density at radius 2 is 1.94 bits per heavy atom. The van der Waals surface area contributed by atoms with Crippen LogP contribution in [0.4, 0.5) is 0 Å². The Morgan fingerprint density at radius 3 is 2.50 bits per heavy atom. The molecule has 0 bridgehead atoms. The molecule has 5 heteroatoms. The fourth-order valence-electron chi connectivity index (χ4n) is 2.88. The van der Waals surface area contributed by atoms with Crippen molar-refractivity contribution in [3.8, 4) is 0 Å². The maximum absolute atomic E-state index is 12.6. The average molecular weight is 270 g/mol. The number of amides is 2. The minimum absolute atomic E-state index is 0.00611. The minimum Gasteiger partial charge on any atom is -0.340 e. The number of carbonyl (C=O) groups excluding carboxylic acids is 2. The quantitative estimate of drug-likeness (QED) is 0.843. The van der Waals surface area contributed by atoms with Gasteiger partial charge in [0.2, 0.25) is 11.8 Å². The highest BCUT2D eigenvalue weighted by molar-refractivity contribution is 7.99. The molecule has 0 unspecified atom stereocenters. The number of carbonyl (C=O) groups is 2. The molecule has 0 aromatic heterocycles. The zero-order chi connectivity index (χ0) is 13.4. The molecule has 2 amide bonds. The maximum Gasteiger partial charge on any atom is 0.248 e. The lowest BCUT2D eigenvalue weighted by Crippen LogP contribution is -2.66. The summed E-state index contributed by atoms with van der Waals surface area (Å²) in [6.45, 7) is 5.07. The first kappa shape index (κ1) is 13.7. The van der Waals surface area contributed by atoms with Crippen LogP contribution >= 0.6 is 11.8 Å². The summed E-state index contributed by atoms with van der Waals surface area (Å²) in [6.07, 6.45) is 5.71. The number of nitrogens with one attached hydrogen (secondary N) is 1. The molecule has 1 saturated heterocycles. The predicted octanol–water partition coefficient (Wildman–Crippen LogP) is 1.40. The van der Waals surface area contributed by atoms with Crippen molar-refractivity contribution in [2.24, 2.45) is 0 Å². The van der Waals surface area contributed by atoms with Gasteiger partial charge in [-0.25, -0.2) is 0 Å². The smallest absolute Gasteiger partial charge is 0.248 e. The predicted molar refractivity (Wildman–Crippen MR) is 73.5 cm³/mol. The van der Waals surface area contributed by atoms with E-state index in [9.17, 15) is 9.59 Å². The van der Waals surface area contributed by atoms with Crippen LogP contribution in [0.3, 0.4) is 0 Å². The number of piperazine rings is 1. The molecule has 4 nitrogen and oxygen atoms in total. The van der Waals surface area contributed by atoms with Gasteiger partial charge in [0.15, 0.2) is 0 Å². The first-order valence-electron chi connectivity index (χ1n) is 6.54. The average Bonchev–Trinajstić information content (AvgIpc) is 2.74. The normalized spacial score (nSPS) is 23.6. The second kappa shape index (κ2) is 4.76. The van der Waals surface area contributed by atoms with Gasteiger partial charge in [-0.2, -0.15) is 11.8 Å². The van der Waals surface area contributed by atoms with Gasteiger partial charge < -0.3 is 10.2 Å². The van der Waals surface area contributed by atoms with Crippen LogP contribution in [0.1, 0.15) is 39.5 Å². The molecule has 1 N–H and O–H groups in total. The van der Waals surface area contributed by atoms with Crippen LogP contribution in [0.25, 0.3) is 0 Å². The van der Waals surface area contributed by atoms with E-state index in [1.807, 2.05) is 6.26 Å². The summed E-state index contributed by atoms with van der Waals surface area (Å²) in [6, 6.07) is 0. The number of nitrogens with zero attached hydrogens (tertiary/aromatic N) is 1. The Labute approximate surface area is 113 Å². The van der Waals surface area contributed by atoms with Crippen LogP contribution in [0.2, 0.25) is 0 Å². The van der Waals surface area contributed by atoms with Crippen molar-refractivity contribution in [1.82, 2.24) is 10.2 Å². The summed E-state index contributed by atoms with van der Waals surface area (Å²) in [4.78, 5) is 26.2. The summed E-state index contributed by atoms with van der Waals surface area (Å²) >= 11 is 1.73. The van der Waals surface area contributed by atoms with Crippen LogP contribution in [-0.2, 0) is 9.59 Å². The van der Waals surface area contributed by atoms with Gasteiger partial charge in [-0.05, 0) is 32.9 Å². The van der Waals surface area contributed by atoms with Crippen molar-refractivity contribution in [3.05, 3.63) is 0 Å². The van der Waals surface area contributed by atoms with E-state index >= 15 is 0 Å². The lowest BCUT2D eigenvalue weighted by atomic mass is 9.92. The van der Waals surface area contributed by atoms with E-state index in [1.165, 1.54) is 0 Å². The van der Waals surface area contributed by atoms with Gasteiger partial charge in [0, 0.05) is 11.3 Å². The molecule has 0 aromatic carbocycles. The standard InChI is InChI=1S/C13H22N2O2S/c1-12(2,18-3)9-15-8-10(16)14-13(11(15)17)6-4-5-7-13/h4-9H2,1-3H3,(H,14,16). The highest BCUT2D eigenvalue weighted by Gasteiger charge is 2.48. The van der Waals surface area contributed by atoms with E-state index in [0.29, 0.717) is 6.54 Å². The number of hydrogen-bond acceptors (Lipinski definition) is 3. The molecule has 1 aliphatic carbocycles. The summed E-state index contributed by atoms with van der Waals surface area (Å²) in [5.74, 6) is 0.120. The number of thioether (sulfide) groups is 1. The van der Waals surface area contributed by atoms with Gasteiger partial charge in [-0.1, -0.05) is 12.8 Å². The molecule has 102 valence electrons. The Hall–Kier alpha value is -0.710. The third-order valence-electron chi connectivity index (χ3n) is 3.99. The summed E-state index contributed by atoms with van der Waals surface area (Å²) < 4.78 is -0.00687. The van der Waals surface area contributed by atoms with Crippen LogP contribution < -0.4 is 5.32 Å². The molecule has 2 aliphatic rings. The second-order valence-electron chi connectivity index (χ2n) is 5.96. The zero-order valence-corrected chi connectivity index (χ0v) is 12.2. The van der Waals surface area contributed by atoms with E-state index in [2.05, 4.69) is 19.2 Å². The summed E-state index contributed by atoms with van der Waals surface area (Å²) in [7, 11) is 0. The van der Waals surface area contributed by atoms with Crippen molar-refractivity contribution in [1.29, 1.82) is 0 Å². The molecule has 1 heterocycles. The van der Waals surface area contributed by atoms with Gasteiger partial charge in [0.25, 0.3) is 0 Å². The van der Waals surface area contributed by atoms with E-state index in [1.54, 1.807) is 16.7 Å².